The van der Waals surface area contributed by atoms with Gasteiger partial charge in [-0.1, -0.05) is 29.3 Å². The van der Waals surface area contributed by atoms with Crippen molar-refractivity contribution in [1.82, 2.24) is 9.36 Å². The zero-order valence-electron chi connectivity index (χ0n) is 10.3. The number of nitrogens with zero attached hydrogens (tertiary/aromatic N) is 2. The van der Waals surface area contributed by atoms with E-state index in [-0.39, 0.29) is 0 Å². The maximum absolute atomic E-state index is 6.12. The first-order chi connectivity index (χ1) is 9.19. The molecule has 0 aliphatic rings. The summed E-state index contributed by atoms with van der Waals surface area (Å²) in [5.41, 5.74) is 0.965. The van der Waals surface area contributed by atoms with Gasteiger partial charge in [-0.2, -0.15) is 4.37 Å². The van der Waals surface area contributed by atoms with Crippen molar-refractivity contribution in [2.24, 2.45) is 0 Å². The highest BCUT2D eigenvalue weighted by atomic mass is 35.5. The van der Waals surface area contributed by atoms with Gasteiger partial charge < -0.3 is 10.1 Å². The Morgan fingerprint density at radius 3 is 2.95 bits per heavy atom. The van der Waals surface area contributed by atoms with Gasteiger partial charge in [-0.05, 0) is 17.7 Å². The topological polar surface area (TPSA) is 47.0 Å². The van der Waals surface area contributed by atoms with Gasteiger partial charge in [0.15, 0.2) is 0 Å². The fourth-order valence-corrected chi connectivity index (χ4v) is 2.58. The molecule has 0 unspecified atom stereocenters. The SMILES string of the molecule is COCCNc1nc(Cc2ccc(Cl)cc2Cl)ns1. The molecular weight excluding hydrogens is 305 g/mol. The van der Waals surface area contributed by atoms with Crippen molar-refractivity contribution in [3.8, 4) is 0 Å². The lowest BCUT2D eigenvalue weighted by Crippen LogP contribution is -2.07. The van der Waals surface area contributed by atoms with E-state index in [1.165, 1.54) is 11.5 Å². The number of methoxy groups -OCH3 is 1. The third-order valence-electron chi connectivity index (χ3n) is 2.41. The van der Waals surface area contributed by atoms with E-state index >= 15 is 0 Å². The molecule has 0 aliphatic heterocycles. The summed E-state index contributed by atoms with van der Waals surface area (Å²) >= 11 is 13.3. The van der Waals surface area contributed by atoms with E-state index in [0.717, 1.165) is 16.5 Å². The maximum Gasteiger partial charge on any atom is 0.202 e. The molecule has 2 rings (SSSR count). The lowest BCUT2D eigenvalue weighted by atomic mass is 10.1. The normalized spacial score (nSPS) is 10.7. The summed E-state index contributed by atoms with van der Waals surface area (Å²) in [7, 11) is 1.66. The van der Waals surface area contributed by atoms with Crippen molar-refractivity contribution in [2.75, 3.05) is 25.6 Å². The Labute approximate surface area is 125 Å². The zero-order valence-corrected chi connectivity index (χ0v) is 12.6. The maximum atomic E-state index is 6.12. The van der Waals surface area contributed by atoms with Crippen LogP contribution in [-0.2, 0) is 11.2 Å². The molecule has 102 valence electrons. The number of rotatable bonds is 6. The quantitative estimate of drug-likeness (QED) is 0.828. The standard InChI is InChI=1S/C12H13Cl2N3OS/c1-18-5-4-15-12-16-11(17-19-12)6-8-2-3-9(13)7-10(8)14/h2-3,7H,4-6H2,1H3,(H,15,16,17). The van der Waals surface area contributed by atoms with Crippen LogP contribution in [0.15, 0.2) is 18.2 Å². The second kappa shape index (κ2) is 7.05. The summed E-state index contributed by atoms with van der Waals surface area (Å²) < 4.78 is 9.25. The number of anilines is 1. The van der Waals surface area contributed by atoms with Crippen LogP contribution in [0.3, 0.4) is 0 Å². The minimum absolute atomic E-state index is 0.596. The summed E-state index contributed by atoms with van der Waals surface area (Å²) in [6.45, 7) is 1.35. The van der Waals surface area contributed by atoms with Crippen LogP contribution in [0.2, 0.25) is 10.0 Å². The van der Waals surface area contributed by atoms with Gasteiger partial charge in [0.25, 0.3) is 0 Å². The average Bonchev–Trinajstić information content (AvgIpc) is 2.81. The number of ether oxygens (including phenoxy) is 1. The van der Waals surface area contributed by atoms with Crippen LogP contribution in [0, 0.1) is 0 Å². The second-order valence-corrected chi connectivity index (χ2v) is 5.44. The fourth-order valence-electron chi connectivity index (χ4n) is 1.49. The van der Waals surface area contributed by atoms with Crippen LogP contribution < -0.4 is 5.32 Å². The van der Waals surface area contributed by atoms with Crippen LogP contribution in [0.4, 0.5) is 5.13 Å². The number of benzene rings is 1. The Morgan fingerprint density at radius 2 is 2.21 bits per heavy atom. The Hall–Kier alpha value is -0.880. The second-order valence-electron chi connectivity index (χ2n) is 3.85. The van der Waals surface area contributed by atoms with E-state index in [0.29, 0.717) is 29.6 Å². The molecule has 19 heavy (non-hydrogen) atoms. The molecule has 1 aromatic carbocycles. The summed E-state index contributed by atoms with van der Waals surface area (Å²) in [6, 6.07) is 5.43. The van der Waals surface area contributed by atoms with Crippen molar-refractivity contribution < 1.29 is 4.74 Å². The van der Waals surface area contributed by atoms with E-state index in [9.17, 15) is 0 Å². The first-order valence-electron chi connectivity index (χ1n) is 5.68. The van der Waals surface area contributed by atoms with Crippen molar-refractivity contribution >= 4 is 39.9 Å². The van der Waals surface area contributed by atoms with E-state index in [1.54, 1.807) is 13.2 Å². The molecule has 2 aromatic rings. The van der Waals surface area contributed by atoms with Gasteiger partial charge in [0.1, 0.15) is 5.82 Å². The molecule has 0 amide bonds. The molecule has 0 spiro atoms. The Balaban J connectivity index is 1.99. The predicted molar refractivity (Wildman–Crippen MR) is 79.5 cm³/mol. The van der Waals surface area contributed by atoms with Gasteiger partial charge in [0.05, 0.1) is 6.61 Å². The summed E-state index contributed by atoms with van der Waals surface area (Å²) in [5.74, 6) is 0.745. The molecule has 0 fully saturated rings. The number of nitrogens with one attached hydrogen (secondary N) is 1. The first kappa shape index (κ1) is 14.5. The molecule has 0 bridgehead atoms. The minimum Gasteiger partial charge on any atom is -0.383 e. The molecule has 0 saturated heterocycles. The number of aromatic nitrogens is 2. The van der Waals surface area contributed by atoms with Crippen LogP contribution >= 0.6 is 34.7 Å². The molecule has 0 atom stereocenters. The number of halogens is 2. The van der Waals surface area contributed by atoms with Crippen molar-refractivity contribution in [3.05, 3.63) is 39.6 Å². The first-order valence-corrected chi connectivity index (χ1v) is 7.21. The third-order valence-corrected chi connectivity index (χ3v) is 3.71. The van der Waals surface area contributed by atoms with Crippen molar-refractivity contribution in [3.63, 3.8) is 0 Å². The minimum atomic E-state index is 0.596. The number of hydrogen-bond donors (Lipinski definition) is 1. The zero-order chi connectivity index (χ0) is 13.7. The van der Waals surface area contributed by atoms with Gasteiger partial charge >= 0.3 is 0 Å². The summed E-state index contributed by atoms with van der Waals surface area (Å²) in [5, 5.41) is 5.19. The fraction of sp³-hybridized carbons (Fsp3) is 0.333. The molecule has 1 aromatic heterocycles. The van der Waals surface area contributed by atoms with E-state index in [2.05, 4.69) is 14.7 Å². The van der Waals surface area contributed by atoms with Gasteiger partial charge in [0, 0.05) is 41.7 Å². The van der Waals surface area contributed by atoms with E-state index in [1.807, 2.05) is 12.1 Å². The van der Waals surface area contributed by atoms with E-state index < -0.39 is 0 Å². The predicted octanol–water partition coefficient (Wildman–Crippen LogP) is 3.49. The average molecular weight is 318 g/mol. The highest BCUT2D eigenvalue weighted by Crippen LogP contribution is 2.23. The number of hydrogen-bond acceptors (Lipinski definition) is 5. The van der Waals surface area contributed by atoms with Crippen molar-refractivity contribution in [2.45, 2.75) is 6.42 Å². The lowest BCUT2D eigenvalue weighted by molar-refractivity contribution is 0.211. The van der Waals surface area contributed by atoms with Gasteiger partial charge in [-0.3, -0.25) is 0 Å². The molecule has 7 heteroatoms. The van der Waals surface area contributed by atoms with Gasteiger partial charge in [0.2, 0.25) is 5.13 Å². The Kier molecular flexibility index (Phi) is 5.39. The van der Waals surface area contributed by atoms with Crippen LogP contribution in [-0.4, -0.2) is 29.6 Å². The summed E-state index contributed by atoms with van der Waals surface area (Å²) in [4.78, 5) is 4.39. The molecule has 0 radical (unpaired) electrons. The monoisotopic (exact) mass is 317 g/mol. The van der Waals surface area contributed by atoms with Crippen LogP contribution in [0.1, 0.15) is 11.4 Å². The molecular formula is C12H13Cl2N3OS. The molecule has 1 N–H and O–H groups in total. The molecule has 1 heterocycles. The van der Waals surface area contributed by atoms with Crippen LogP contribution in [0.5, 0.6) is 0 Å². The molecule has 4 nitrogen and oxygen atoms in total. The third kappa shape index (κ3) is 4.31. The Bertz CT molecular complexity index is 548. The Morgan fingerprint density at radius 1 is 1.37 bits per heavy atom. The summed E-state index contributed by atoms with van der Waals surface area (Å²) in [6.07, 6.45) is 0.596. The van der Waals surface area contributed by atoms with Gasteiger partial charge in [-0.15, -0.1) is 0 Å². The lowest BCUT2D eigenvalue weighted by Gasteiger charge is -2.02. The van der Waals surface area contributed by atoms with Gasteiger partial charge in [-0.25, -0.2) is 4.98 Å². The van der Waals surface area contributed by atoms with Crippen LogP contribution in [0.25, 0.3) is 0 Å². The highest BCUT2D eigenvalue weighted by Gasteiger charge is 2.08. The smallest absolute Gasteiger partial charge is 0.202 e. The highest BCUT2D eigenvalue weighted by molar-refractivity contribution is 7.09. The molecule has 0 saturated carbocycles. The molecule has 0 aliphatic carbocycles. The largest absolute Gasteiger partial charge is 0.383 e. The van der Waals surface area contributed by atoms with Crippen molar-refractivity contribution in [1.29, 1.82) is 0 Å². The van der Waals surface area contributed by atoms with E-state index in [4.69, 9.17) is 27.9 Å².